The minimum Gasteiger partial charge on any atom is -0.306 e. The molecule has 0 unspecified atom stereocenters. The van der Waals surface area contributed by atoms with Crippen molar-refractivity contribution in [3.63, 3.8) is 0 Å². The second-order valence-corrected chi connectivity index (χ2v) is 11.9. The van der Waals surface area contributed by atoms with Gasteiger partial charge in [-0.05, 0) is 103 Å². The first-order chi connectivity index (χ1) is 21.0. The molecule has 0 spiro atoms. The molecule has 0 saturated heterocycles. The summed E-state index contributed by atoms with van der Waals surface area (Å²) < 4.78 is 0. The minimum atomic E-state index is -0.349. The zero-order valence-electron chi connectivity index (χ0n) is 26.9. The molecule has 2 heterocycles. The molecular formula is C39H40N2O3. The quantitative estimate of drug-likeness (QED) is 0.220. The van der Waals surface area contributed by atoms with Crippen molar-refractivity contribution < 1.29 is 14.4 Å². The zero-order valence-corrected chi connectivity index (χ0v) is 26.9. The maximum atomic E-state index is 13.6. The summed E-state index contributed by atoms with van der Waals surface area (Å²) in [5.74, 6) is -0.302. The van der Waals surface area contributed by atoms with Gasteiger partial charge in [-0.3, -0.25) is 14.4 Å². The average molecular weight is 585 g/mol. The molecule has 0 aromatic heterocycles. The number of carbonyl (C=O) groups is 3. The van der Waals surface area contributed by atoms with Crippen LogP contribution in [0, 0.1) is 13.8 Å². The Labute approximate surface area is 260 Å². The van der Waals surface area contributed by atoms with Gasteiger partial charge in [0.05, 0.1) is 16.8 Å². The van der Waals surface area contributed by atoms with Crippen molar-refractivity contribution in [2.75, 3.05) is 4.90 Å². The molecule has 6 rings (SSSR count). The molecule has 4 aromatic carbocycles. The predicted molar refractivity (Wildman–Crippen MR) is 180 cm³/mol. The number of amides is 3. The molecule has 5 nitrogen and oxygen atoms in total. The predicted octanol–water partition coefficient (Wildman–Crippen LogP) is 9.42. The molecular weight excluding hydrogens is 544 g/mol. The van der Waals surface area contributed by atoms with Crippen LogP contribution in [0.5, 0.6) is 0 Å². The van der Waals surface area contributed by atoms with Crippen molar-refractivity contribution >= 4 is 29.1 Å². The molecule has 0 N–H and O–H groups in total. The van der Waals surface area contributed by atoms with Gasteiger partial charge in [0.15, 0.2) is 0 Å². The smallest absolute Gasteiger partial charge is 0.266 e. The number of rotatable bonds is 5. The molecule has 0 atom stereocenters. The standard InChI is InChI=1S/C37H34N2O3.C2H6/c1-20(2)25-8-12-29(22(5)16-25)30-15-11-28(17-23(30)6)39-35(40)32-14-10-27(19-34(32)37(39)42)26-9-13-31-24(7)38(21(3)4)36(41)33(31)18-26;1-2/h8-21H,7H2,1-6H3;1-2H3. The number of hydrogen-bond acceptors (Lipinski definition) is 3. The fourth-order valence-corrected chi connectivity index (χ4v) is 6.17. The highest BCUT2D eigenvalue weighted by atomic mass is 16.2. The van der Waals surface area contributed by atoms with Crippen molar-refractivity contribution in [3.05, 3.63) is 118 Å². The number of nitrogens with zero attached hydrogens (tertiary/aromatic N) is 2. The zero-order chi connectivity index (χ0) is 32.0. The minimum absolute atomic E-state index is 0.00242. The molecule has 4 aromatic rings. The number of anilines is 1. The van der Waals surface area contributed by atoms with Gasteiger partial charge in [0.1, 0.15) is 0 Å². The third-order valence-corrected chi connectivity index (χ3v) is 8.48. The number of fused-ring (bicyclic) bond motifs is 2. The molecule has 2 aliphatic rings. The topological polar surface area (TPSA) is 57.7 Å². The molecule has 0 aliphatic carbocycles. The van der Waals surface area contributed by atoms with Crippen molar-refractivity contribution in [2.45, 2.75) is 67.3 Å². The van der Waals surface area contributed by atoms with E-state index >= 15 is 0 Å². The molecule has 3 amide bonds. The van der Waals surface area contributed by atoms with E-state index in [1.165, 1.54) is 16.0 Å². The van der Waals surface area contributed by atoms with Gasteiger partial charge in [-0.15, -0.1) is 0 Å². The van der Waals surface area contributed by atoms with Gasteiger partial charge in [0.2, 0.25) is 0 Å². The van der Waals surface area contributed by atoms with E-state index < -0.39 is 0 Å². The van der Waals surface area contributed by atoms with Gasteiger partial charge < -0.3 is 4.90 Å². The van der Waals surface area contributed by atoms with Gasteiger partial charge in [-0.2, -0.15) is 0 Å². The molecule has 0 saturated carbocycles. The first-order valence-corrected chi connectivity index (χ1v) is 15.4. The maximum absolute atomic E-state index is 13.6. The van der Waals surface area contributed by atoms with E-state index in [2.05, 4.69) is 45.5 Å². The second-order valence-electron chi connectivity index (χ2n) is 11.9. The molecule has 0 bridgehead atoms. The van der Waals surface area contributed by atoms with Crippen LogP contribution in [0.1, 0.15) is 101 Å². The summed E-state index contributed by atoms with van der Waals surface area (Å²) in [6, 6.07) is 23.3. The van der Waals surface area contributed by atoms with Crippen LogP contribution in [0.3, 0.4) is 0 Å². The van der Waals surface area contributed by atoms with Crippen molar-refractivity contribution in [1.29, 1.82) is 0 Å². The highest BCUT2D eigenvalue weighted by Crippen LogP contribution is 2.38. The summed E-state index contributed by atoms with van der Waals surface area (Å²) in [6.07, 6.45) is 0. The van der Waals surface area contributed by atoms with Gasteiger partial charge in [0, 0.05) is 22.9 Å². The highest BCUT2D eigenvalue weighted by molar-refractivity contribution is 6.34. The van der Waals surface area contributed by atoms with Crippen LogP contribution in [0.2, 0.25) is 0 Å². The first-order valence-electron chi connectivity index (χ1n) is 15.4. The normalized spacial score (nSPS) is 14.0. The molecule has 224 valence electrons. The molecule has 44 heavy (non-hydrogen) atoms. The fourth-order valence-electron chi connectivity index (χ4n) is 6.17. The first kappa shape index (κ1) is 30.7. The van der Waals surface area contributed by atoms with Crippen LogP contribution >= 0.6 is 0 Å². The number of hydrogen-bond donors (Lipinski definition) is 0. The van der Waals surface area contributed by atoms with Crippen LogP contribution < -0.4 is 4.90 Å². The van der Waals surface area contributed by atoms with Crippen molar-refractivity contribution in [3.8, 4) is 22.3 Å². The van der Waals surface area contributed by atoms with Crippen molar-refractivity contribution in [2.24, 2.45) is 0 Å². The number of carbonyl (C=O) groups excluding carboxylic acids is 3. The van der Waals surface area contributed by atoms with E-state index in [1.807, 2.05) is 77.1 Å². The van der Waals surface area contributed by atoms with Gasteiger partial charge >= 0.3 is 0 Å². The van der Waals surface area contributed by atoms with E-state index in [1.54, 1.807) is 17.0 Å². The highest BCUT2D eigenvalue weighted by Gasteiger charge is 2.37. The summed E-state index contributed by atoms with van der Waals surface area (Å²) in [6.45, 7) is 20.5. The van der Waals surface area contributed by atoms with Crippen molar-refractivity contribution in [1.82, 2.24) is 4.90 Å². The van der Waals surface area contributed by atoms with Gasteiger partial charge in [-0.1, -0.05) is 76.7 Å². The Bertz CT molecular complexity index is 1850. The monoisotopic (exact) mass is 584 g/mol. The lowest BCUT2D eigenvalue weighted by Crippen LogP contribution is -2.29. The summed E-state index contributed by atoms with van der Waals surface area (Å²) in [5.41, 5.74) is 10.7. The Morgan fingerprint density at radius 3 is 1.61 bits per heavy atom. The third kappa shape index (κ3) is 4.96. The summed E-state index contributed by atoms with van der Waals surface area (Å²) in [5, 5.41) is 0. The van der Waals surface area contributed by atoms with Crippen LogP contribution in [-0.4, -0.2) is 28.7 Å². The molecule has 2 aliphatic heterocycles. The number of benzene rings is 4. The van der Waals surface area contributed by atoms with E-state index in [9.17, 15) is 14.4 Å². The lowest BCUT2D eigenvalue weighted by atomic mass is 9.92. The Morgan fingerprint density at radius 1 is 0.568 bits per heavy atom. The lowest BCUT2D eigenvalue weighted by molar-refractivity contribution is 0.0820. The van der Waals surface area contributed by atoms with E-state index in [4.69, 9.17) is 0 Å². The van der Waals surface area contributed by atoms with Crippen LogP contribution in [0.4, 0.5) is 5.69 Å². The number of imide groups is 1. The van der Waals surface area contributed by atoms with Crippen LogP contribution in [0.15, 0.2) is 79.4 Å². The Morgan fingerprint density at radius 2 is 1.07 bits per heavy atom. The van der Waals surface area contributed by atoms with Gasteiger partial charge in [0.25, 0.3) is 17.7 Å². The second kappa shape index (κ2) is 11.7. The Kier molecular flexibility index (Phi) is 8.17. The van der Waals surface area contributed by atoms with E-state index in [0.29, 0.717) is 34.0 Å². The molecule has 0 radical (unpaired) electrons. The fraction of sp³-hybridized carbons (Fsp3) is 0.256. The maximum Gasteiger partial charge on any atom is 0.266 e. The van der Waals surface area contributed by atoms with Crippen LogP contribution in [0.25, 0.3) is 28.0 Å². The summed E-state index contributed by atoms with van der Waals surface area (Å²) in [4.78, 5) is 43.1. The van der Waals surface area contributed by atoms with Gasteiger partial charge in [-0.25, -0.2) is 4.90 Å². The molecule has 0 fully saturated rings. The largest absolute Gasteiger partial charge is 0.306 e. The third-order valence-electron chi connectivity index (χ3n) is 8.48. The number of aryl methyl sites for hydroxylation is 2. The molecule has 5 heteroatoms. The van der Waals surface area contributed by atoms with E-state index in [0.717, 1.165) is 33.4 Å². The van der Waals surface area contributed by atoms with Crippen LogP contribution in [-0.2, 0) is 0 Å². The lowest BCUT2D eigenvalue weighted by Gasteiger charge is -2.21. The SMILES string of the molecule is C=C1c2ccc(-c3ccc4c(c3)C(=O)N(c3ccc(-c5ccc(C(C)C)cc5C)c(C)c3)C4=O)cc2C(=O)N1C(C)C.CC. The summed E-state index contributed by atoms with van der Waals surface area (Å²) in [7, 11) is 0. The Balaban J connectivity index is 0.00000188. The summed E-state index contributed by atoms with van der Waals surface area (Å²) >= 11 is 0. The average Bonchev–Trinajstić information content (AvgIpc) is 3.41. The van der Waals surface area contributed by atoms with E-state index in [-0.39, 0.29) is 23.8 Å². The Hall–Kier alpha value is -4.77.